The number of carbonyl (C=O) groups is 1. The van der Waals surface area contributed by atoms with Crippen LogP contribution in [0.3, 0.4) is 0 Å². The van der Waals surface area contributed by atoms with Gasteiger partial charge in [0.05, 0.1) is 16.5 Å². The zero-order valence-electron chi connectivity index (χ0n) is 18.4. The summed E-state index contributed by atoms with van der Waals surface area (Å²) in [6.45, 7) is 3.43. The molecular formula is C27H24N4OS. The molecule has 0 radical (unpaired) electrons. The Morgan fingerprint density at radius 3 is 2.48 bits per heavy atom. The number of carbonyl (C=O) groups excluding carboxylic acids is 1. The normalized spacial score (nSPS) is 11.1. The third-order valence-corrected chi connectivity index (χ3v) is 6.73. The Kier molecular flexibility index (Phi) is 6.00. The predicted octanol–water partition coefficient (Wildman–Crippen LogP) is 6.21. The number of amides is 1. The summed E-state index contributed by atoms with van der Waals surface area (Å²) < 4.78 is 3.12. The molecule has 0 aliphatic rings. The molecular weight excluding hydrogens is 428 g/mol. The lowest BCUT2D eigenvalue weighted by molar-refractivity contribution is 0.0986. The zero-order valence-corrected chi connectivity index (χ0v) is 19.2. The predicted molar refractivity (Wildman–Crippen MR) is 135 cm³/mol. The summed E-state index contributed by atoms with van der Waals surface area (Å²) in [6, 6.07) is 24.2. The van der Waals surface area contributed by atoms with Gasteiger partial charge in [-0.25, -0.2) is 9.97 Å². The summed E-state index contributed by atoms with van der Waals surface area (Å²) in [5.41, 5.74) is 4.97. The van der Waals surface area contributed by atoms with Gasteiger partial charge in [-0.3, -0.25) is 9.69 Å². The van der Waals surface area contributed by atoms with Crippen molar-refractivity contribution in [3.8, 4) is 11.1 Å². The molecule has 0 aliphatic heterocycles. The summed E-state index contributed by atoms with van der Waals surface area (Å²) in [7, 11) is 0. The van der Waals surface area contributed by atoms with Gasteiger partial charge in [0.15, 0.2) is 5.13 Å². The quantitative estimate of drug-likeness (QED) is 0.295. The molecule has 33 heavy (non-hydrogen) atoms. The summed E-state index contributed by atoms with van der Waals surface area (Å²) in [5, 5.41) is 0.738. The number of anilines is 1. The number of rotatable bonds is 7. The number of aryl methyl sites for hydroxylation is 2. The zero-order chi connectivity index (χ0) is 22.6. The van der Waals surface area contributed by atoms with Crippen LogP contribution in [0, 0.1) is 6.92 Å². The van der Waals surface area contributed by atoms with E-state index in [4.69, 9.17) is 4.98 Å². The first-order valence-corrected chi connectivity index (χ1v) is 11.8. The molecule has 0 fully saturated rings. The van der Waals surface area contributed by atoms with Crippen molar-refractivity contribution in [2.45, 2.75) is 19.9 Å². The average molecular weight is 453 g/mol. The van der Waals surface area contributed by atoms with Gasteiger partial charge < -0.3 is 4.57 Å². The van der Waals surface area contributed by atoms with Crippen LogP contribution < -0.4 is 4.90 Å². The van der Waals surface area contributed by atoms with E-state index < -0.39 is 0 Å². The van der Waals surface area contributed by atoms with Crippen molar-refractivity contribution >= 4 is 32.6 Å². The van der Waals surface area contributed by atoms with Crippen LogP contribution in [0.1, 0.15) is 22.3 Å². The van der Waals surface area contributed by atoms with Gasteiger partial charge in [-0.1, -0.05) is 65.9 Å². The Balaban J connectivity index is 1.43. The highest BCUT2D eigenvalue weighted by Gasteiger charge is 2.21. The van der Waals surface area contributed by atoms with Gasteiger partial charge in [0.2, 0.25) is 0 Å². The number of imidazole rings is 1. The van der Waals surface area contributed by atoms with Crippen molar-refractivity contribution in [1.82, 2.24) is 14.5 Å². The van der Waals surface area contributed by atoms with Gasteiger partial charge in [-0.2, -0.15) is 0 Å². The van der Waals surface area contributed by atoms with Crippen molar-refractivity contribution in [3.05, 3.63) is 103 Å². The minimum Gasteiger partial charge on any atom is -0.337 e. The molecule has 3 aromatic carbocycles. The lowest BCUT2D eigenvalue weighted by Gasteiger charge is -2.20. The molecule has 0 N–H and O–H groups in total. The number of thiazole rings is 1. The van der Waals surface area contributed by atoms with Gasteiger partial charge in [0.1, 0.15) is 0 Å². The second-order valence-electron chi connectivity index (χ2n) is 7.97. The maximum absolute atomic E-state index is 13.6. The van der Waals surface area contributed by atoms with Crippen molar-refractivity contribution in [2.24, 2.45) is 0 Å². The molecule has 0 spiro atoms. The van der Waals surface area contributed by atoms with E-state index in [-0.39, 0.29) is 5.91 Å². The molecule has 0 unspecified atom stereocenters. The first-order chi connectivity index (χ1) is 16.2. The van der Waals surface area contributed by atoms with E-state index in [2.05, 4.69) is 36.2 Å². The van der Waals surface area contributed by atoms with Gasteiger partial charge in [0, 0.05) is 31.0 Å². The van der Waals surface area contributed by atoms with Gasteiger partial charge in [-0.15, -0.1) is 0 Å². The fourth-order valence-corrected chi connectivity index (χ4v) is 4.96. The van der Waals surface area contributed by atoms with Gasteiger partial charge in [0.25, 0.3) is 5.91 Å². The summed E-state index contributed by atoms with van der Waals surface area (Å²) in [4.78, 5) is 24.4. The highest BCUT2D eigenvalue weighted by atomic mass is 32.1. The SMILES string of the molecule is Cc1cccc2sc(N(CCCn3ccnc3)C(=O)c3ccc(-c4ccccc4)cc3)nc12. The monoisotopic (exact) mass is 452 g/mol. The molecule has 164 valence electrons. The molecule has 2 aromatic heterocycles. The number of para-hydroxylation sites is 1. The van der Waals surface area contributed by atoms with Crippen LogP contribution in [0.2, 0.25) is 0 Å². The Bertz CT molecular complexity index is 1360. The Labute approximate surface area is 197 Å². The molecule has 0 aliphatic carbocycles. The number of nitrogens with zero attached hydrogens (tertiary/aromatic N) is 4. The van der Waals surface area contributed by atoms with E-state index in [9.17, 15) is 4.79 Å². The number of fused-ring (bicyclic) bond motifs is 1. The van der Waals surface area contributed by atoms with Crippen LogP contribution in [-0.4, -0.2) is 27.0 Å². The highest BCUT2D eigenvalue weighted by molar-refractivity contribution is 7.22. The van der Waals surface area contributed by atoms with Crippen LogP contribution in [0.15, 0.2) is 91.5 Å². The fraction of sp³-hybridized carbons (Fsp3) is 0.148. The van der Waals surface area contributed by atoms with E-state index in [1.54, 1.807) is 23.9 Å². The maximum atomic E-state index is 13.6. The maximum Gasteiger partial charge on any atom is 0.260 e. The first kappa shape index (κ1) is 21.1. The molecule has 2 heterocycles. The third-order valence-electron chi connectivity index (χ3n) is 5.68. The van der Waals surface area contributed by atoms with Crippen LogP contribution in [0.25, 0.3) is 21.3 Å². The van der Waals surface area contributed by atoms with Crippen LogP contribution in [0.5, 0.6) is 0 Å². The molecule has 0 atom stereocenters. The van der Waals surface area contributed by atoms with Crippen molar-refractivity contribution in [3.63, 3.8) is 0 Å². The molecule has 0 saturated heterocycles. The average Bonchev–Trinajstić information content (AvgIpc) is 3.53. The summed E-state index contributed by atoms with van der Waals surface area (Å²) >= 11 is 1.57. The van der Waals surface area contributed by atoms with E-state index in [1.807, 2.05) is 64.2 Å². The van der Waals surface area contributed by atoms with Gasteiger partial charge in [-0.05, 0) is 48.2 Å². The molecule has 1 amide bonds. The molecule has 5 rings (SSSR count). The van der Waals surface area contributed by atoms with E-state index >= 15 is 0 Å². The largest absolute Gasteiger partial charge is 0.337 e. The number of aromatic nitrogens is 3. The third kappa shape index (κ3) is 4.56. The van der Waals surface area contributed by atoms with Crippen molar-refractivity contribution in [2.75, 3.05) is 11.4 Å². The second kappa shape index (κ2) is 9.38. The highest BCUT2D eigenvalue weighted by Crippen LogP contribution is 2.32. The molecule has 5 nitrogen and oxygen atoms in total. The van der Waals surface area contributed by atoms with E-state index in [0.717, 1.165) is 45.0 Å². The number of hydrogen-bond acceptors (Lipinski definition) is 4. The lowest BCUT2D eigenvalue weighted by Crippen LogP contribution is -2.32. The molecule has 6 heteroatoms. The minimum atomic E-state index is -0.0306. The Morgan fingerprint density at radius 1 is 0.970 bits per heavy atom. The topological polar surface area (TPSA) is 51.0 Å². The van der Waals surface area contributed by atoms with Crippen molar-refractivity contribution < 1.29 is 4.79 Å². The Hall–Kier alpha value is -3.77. The number of benzene rings is 3. The Morgan fingerprint density at radius 2 is 1.76 bits per heavy atom. The fourth-order valence-electron chi connectivity index (χ4n) is 3.90. The lowest BCUT2D eigenvalue weighted by atomic mass is 10.0. The van der Waals surface area contributed by atoms with Crippen LogP contribution in [0.4, 0.5) is 5.13 Å². The number of hydrogen-bond donors (Lipinski definition) is 0. The summed E-state index contributed by atoms with van der Waals surface area (Å²) in [5.74, 6) is -0.0306. The standard InChI is InChI=1S/C27H24N4OS/c1-20-7-5-10-24-25(20)29-27(33-24)31(17-6-16-30-18-15-28-19-30)26(32)23-13-11-22(12-14-23)21-8-3-2-4-9-21/h2-5,7-15,18-19H,6,16-17H2,1H3. The van der Waals surface area contributed by atoms with Crippen molar-refractivity contribution in [1.29, 1.82) is 0 Å². The van der Waals surface area contributed by atoms with Crippen LogP contribution >= 0.6 is 11.3 Å². The minimum absolute atomic E-state index is 0.0306. The molecule has 5 aromatic rings. The molecule has 0 saturated carbocycles. The van der Waals surface area contributed by atoms with Crippen LogP contribution in [-0.2, 0) is 6.54 Å². The summed E-state index contributed by atoms with van der Waals surface area (Å²) in [6.07, 6.45) is 6.32. The second-order valence-corrected chi connectivity index (χ2v) is 8.98. The van der Waals surface area contributed by atoms with E-state index in [0.29, 0.717) is 12.1 Å². The first-order valence-electron chi connectivity index (χ1n) is 11.0. The van der Waals surface area contributed by atoms with Gasteiger partial charge >= 0.3 is 0 Å². The van der Waals surface area contributed by atoms with E-state index in [1.165, 1.54) is 0 Å². The molecule has 0 bridgehead atoms. The smallest absolute Gasteiger partial charge is 0.260 e.